The first-order valence-electron chi connectivity index (χ1n) is 8.25. The van der Waals surface area contributed by atoms with E-state index in [2.05, 4.69) is 10.1 Å². The van der Waals surface area contributed by atoms with Gasteiger partial charge in [0.05, 0.1) is 0 Å². The Labute approximate surface area is 142 Å². The van der Waals surface area contributed by atoms with E-state index in [4.69, 9.17) is 5.73 Å². The number of likely N-dealkylation sites (tertiary alicyclic amines) is 1. The van der Waals surface area contributed by atoms with E-state index in [9.17, 15) is 4.79 Å². The molecule has 128 valence electrons. The fraction of sp³-hybridized carbons (Fsp3) is 0.471. The van der Waals surface area contributed by atoms with Crippen LogP contribution in [0.25, 0.3) is 0 Å². The van der Waals surface area contributed by atoms with Crippen molar-refractivity contribution in [1.82, 2.24) is 24.6 Å². The van der Waals surface area contributed by atoms with Gasteiger partial charge in [0, 0.05) is 39.6 Å². The number of hydrogen-bond donors (Lipinski definition) is 1. The van der Waals surface area contributed by atoms with Crippen LogP contribution < -0.4 is 5.73 Å². The third-order valence-corrected chi connectivity index (χ3v) is 4.53. The summed E-state index contributed by atoms with van der Waals surface area (Å²) in [7, 11) is 3.64. The second-order valence-corrected chi connectivity index (χ2v) is 6.34. The number of nitrogens with zero attached hydrogens (tertiary/aromatic N) is 5. The molecule has 1 aliphatic heterocycles. The van der Waals surface area contributed by atoms with E-state index in [0.717, 1.165) is 37.3 Å². The lowest BCUT2D eigenvalue weighted by molar-refractivity contribution is 0.146. The highest BCUT2D eigenvalue weighted by Crippen LogP contribution is 2.26. The third-order valence-electron chi connectivity index (χ3n) is 4.53. The van der Waals surface area contributed by atoms with Crippen molar-refractivity contribution >= 4 is 12.0 Å². The highest BCUT2D eigenvalue weighted by atomic mass is 16.2. The third kappa shape index (κ3) is 3.50. The second-order valence-electron chi connectivity index (χ2n) is 6.34. The lowest BCUT2D eigenvalue weighted by atomic mass is 9.96. The Morgan fingerprint density at radius 3 is 2.54 bits per heavy atom. The van der Waals surface area contributed by atoms with Crippen LogP contribution in [0.5, 0.6) is 0 Å². The molecule has 0 atom stereocenters. The molecule has 1 aromatic carbocycles. The van der Waals surface area contributed by atoms with Crippen molar-refractivity contribution in [2.45, 2.75) is 25.3 Å². The topological polar surface area (TPSA) is 80.3 Å². The smallest absolute Gasteiger partial charge is 0.320 e. The number of hydrogen-bond acceptors (Lipinski definition) is 4. The Balaban J connectivity index is 1.55. The van der Waals surface area contributed by atoms with Crippen molar-refractivity contribution in [3.05, 3.63) is 41.7 Å². The minimum absolute atomic E-state index is 0.0748. The molecule has 0 radical (unpaired) electrons. The summed E-state index contributed by atoms with van der Waals surface area (Å²) in [5.74, 6) is 1.50. The summed E-state index contributed by atoms with van der Waals surface area (Å²) < 4.78 is 1.60. The lowest BCUT2D eigenvalue weighted by Gasteiger charge is -2.33. The Hall–Kier alpha value is -2.57. The summed E-state index contributed by atoms with van der Waals surface area (Å²) >= 11 is 0. The number of benzene rings is 1. The molecule has 0 spiro atoms. The molecule has 0 unspecified atom stereocenters. The van der Waals surface area contributed by atoms with Crippen molar-refractivity contribution in [1.29, 1.82) is 0 Å². The van der Waals surface area contributed by atoms with Crippen LogP contribution in [0, 0.1) is 0 Å². The van der Waals surface area contributed by atoms with Crippen molar-refractivity contribution in [2.75, 3.05) is 25.9 Å². The van der Waals surface area contributed by atoms with Gasteiger partial charge in [-0.15, -0.1) is 0 Å². The molecule has 1 aliphatic rings. The minimum atomic E-state index is 0.0748. The first-order chi connectivity index (χ1) is 11.5. The SMILES string of the molecule is CN(Cc1ccccc1)C(=O)N1CCC(c2nc(N)n(C)n2)CC1. The molecule has 7 heteroatoms. The molecule has 24 heavy (non-hydrogen) atoms. The van der Waals surface area contributed by atoms with E-state index in [1.165, 1.54) is 0 Å². The minimum Gasteiger partial charge on any atom is -0.368 e. The van der Waals surface area contributed by atoms with E-state index in [0.29, 0.717) is 12.5 Å². The van der Waals surface area contributed by atoms with E-state index in [1.54, 1.807) is 16.6 Å². The molecule has 2 heterocycles. The van der Waals surface area contributed by atoms with Gasteiger partial charge in [-0.3, -0.25) is 0 Å². The Bertz CT molecular complexity index is 671. The van der Waals surface area contributed by atoms with Gasteiger partial charge in [0.15, 0.2) is 5.82 Å². The average Bonchev–Trinajstić information content (AvgIpc) is 2.94. The molecular weight excluding hydrogens is 304 g/mol. The number of nitrogen functional groups attached to an aromatic ring is 1. The molecule has 0 bridgehead atoms. The summed E-state index contributed by atoms with van der Waals surface area (Å²) in [5, 5.41) is 4.36. The monoisotopic (exact) mass is 328 g/mol. The number of urea groups is 1. The zero-order valence-corrected chi connectivity index (χ0v) is 14.2. The van der Waals surface area contributed by atoms with Gasteiger partial charge in [-0.2, -0.15) is 10.1 Å². The number of carbonyl (C=O) groups is 1. The van der Waals surface area contributed by atoms with Crippen LogP contribution in [-0.2, 0) is 13.6 Å². The van der Waals surface area contributed by atoms with Gasteiger partial charge in [-0.25, -0.2) is 9.48 Å². The molecule has 3 rings (SSSR count). The molecule has 1 saturated heterocycles. The van der Waals surface area contributed by atoms with Crippen LogP contribution in [-0.4, -0.2) is 50.7 Å². The normalized spacial score (nSPS) is 15.5. The quantitative estimate of drug-likeness (QED) is 0.932. The van der Waals surface area contributed by atoms with Crippen molar-refractivity contribution < 1.29 is 4.79 Å². The number of carbonyl (C=O) groups excluding carboxylic acids is 1. The maximum Gasteiger partial charge on any atom is 0.320 e. The molecule has 0 saturated carbocycles. The number of nitrogens with two attached hydrogens (primary N) is 1. The lowest BCUT2D eigenvalue weighted by Crippen LogP contribution is -2.44. The van der Waals surface area contributed by atoms with Gasteiger partial charge >= 0.3 is 6.03 Å². The number of aromatic nitrogens is 3. The van der Waals surface area contributed by atoms with E-state index < -0.39 is 0 Å². The fourth-order valence-electron chi connectivity index (χ4n) is 3.09. The first-order valence-corrected chi connectivity index (χ1v) is 8.25. The summed E-state index contributed by atoms with van der Waals surface area (Å²) in [6.45, 7) is 2.07. The highest BCUT2D eigenvalue weighted by molar-refractivity contribution is 5.74. The van der Waals surface area contributed by atoms with E-state index >= 15 is 0 Å². The van der Waals surface area contributed by atoms with Crippen LogP contribution in [0.15, 0.2) is 30.3 Å². The van der Waals surface area contributed by atoms with E-state index in [1.807, 2.05) is 42.3 Å². The van der Waals surface area contributed by atoms with Crippen molar-refractivity contribution in [3.8, 4) is 0 Å². The first kappa shape index (κ1) is 16.3. The van der Waals surface area contributed by atoms with Gasteiger partial charge in [-0.1, -0.05) is 30.3 Å². The summed E-state index contributed by atoms with van der Waals surface area (Å²) in [5.41, 5.74) is 6.89. The zero-order chi connectivity index (χ0) is 17.1. The maximum atomic E-state index is 12.6. The number of aryl methyl sites for hydroxylation is 1. The summed E-state index contributed by atoms with van der Waals surface area (Å²) in [6.07, 6.45) is 1.74. The van der Waals surface area contributed by atoms with Gasteiger partial charge < -0.3 is 15.5 Å². The summed E-state index contributed by atoms with van der Waals surface area (Å²) in [4.78, 5) is 20.6. The second kappa shape index (κ2) is 6.90. The Morgan fingerprint density at radius 2 is 1.96 bits per heavy atom. The van der Waals surface area contributed by atoms with Crippen molar-refractivity contribution in [2.24, 2.45) is 7.05 Å². The zero-order valence-electron chi connectivity index (χ0n) is 14.2. The standard InChI is InChI=1S/C17H24N6O/c1-21(12-13-6-4-3-5-7-13)17(24)23-10-8-14(9-11-23)15-19-16(18)22(2)20-15/h3-7,14H,8-12H2,1-2H3,(H2,18,19,20). The Morgan fingerprint density at radius 1 is 1.29 bits per heavy atom. The van der Waals surface area contributed by atoms with Crippen LogP contribution in [0.2, 0.25) is 0 Å². The number of amides is 2. The van der Waals surface area contributed by atoms with Crippen molar-refractivity contribution in [3.63, 3.8) is 0 Å². The molecule has 2 N–H and O–H groups in total. The molecule has 1 fully saturated rings. The van der Waals surface area contributed by atoms with Crippen LogP contribution in [0.1, 0.15) is 30.1 Å². The number of piperidine rings is 1. The predicted octanol–water partition coefficient (Wildman–Crippen LogP) is 1.83. The number of anilines is 1. The van der Waals surface area contributed by atoms with Crippen LogP contribution in [0.3, 0.4) is 0 Å². The molecule has 2 amide bonds. The maximum absolute atomic E-state index is 12.6. The van der Waals surface area contributed by atoms with E-state index in [-0.39, 0.29) is 11.9 Å². The fourth-order valence-corrected chi connectivity index (χ4v) is 3.09. The van der Waals surface area contributed by atoms with Crippen LogP contribution >= 0.6 is 0 Å². The highest BCUT2D eigenvalue weighted by Gasteiger charge is 2.28. The molecule has 2 aromatic rings. The summed E-state index contributed by atoms with van der Waals surface area (Å²) in [6, 6.07) is 10.1. The molecule has 7 nitrogen and oxygen atoms in total. The Kier molecular flexibility index (Phi) is 4.69. The van der Waals surface area contributed by atoms with Crippen LogP contribution in [0.4, 0.5) is 10.7 Å². The van der Waals surface area contributed by atoms with Gasteiger partial charge in [0.2, 0.25) is 5.95 Å². The molecule has 0 aliphatic carbocycles. The largest absolute Gasteiger partial charge is 0.368 e. The average molecular weight is 328 g/mol. The molecular formula is C17H24N6O. The predicted molar refractivity (Wildman–Crippen MR) is 92.3 cm³/mol. The van der Waals surface area contributed by atoms with Gasteiger partial charge in [-0.05, 0) is 18.4 Å². The van der Waals surface area contributed by atoms with Gasteiger partial charge in [0.1, 0.15) is 0 Å². The van der Waals surface area contributed by atoms with Gasteiger partial charge in [0.25, 0.3) is 0 Å². The molecule has 1 aromatic heterocycles. The number of rotatable bonds is 3.